The molecule has 4 heteroatoms. The average molecular weight is 300 g/mol. The number of hydrogen-bond acceptors (Lipinski definition) is 2. The van der Waals surface area contributed by atoms with Crippen molar-refractivity contribution in [1.29, 1.82) is 5.26 Å². The number of carbonyl (C=O) groups excluding carboxylic acids is 1. The summed E-state index contributed by atoms with van der Waals surface area (Å²) >= 11 is 2.18. The second kappa shape index (κ2) is 4.96. The SMILES string of the molecule is N#Cc1ccc(I)c(CCC(N)=O)c1. The minimum absolute atomic E-state index is 0.317. The lowest BCUT2D eigenvalue weighted by atomic mass is 10.1. The normalized spacial score (nSPS) is 9.43. The van der Waals surface area contributed by atoms with E-state index in [0.717, 1.165) is 9.13 Å². The van der Waals surface area contributed by atoms with Gasteiger partial charge in [0.05, 0.1) is 11.6 Å². The maximum Gasteiger partial charge on any atom is 0.217 e. The molecule has 14 heavy (non-hydrogen) atoms. The predicted octanol–water partition coefficient (Wildman–Crippen LogP) is 1.58. The van der Waals surface area contributed by atoms with Gasteiger partial charge in [0.25, 0.3) is 0 Å². The lowest BCUT2D eigenvalue weighted by molar-refractivity contribution is -0.117. The number of primary amides is 1. The van der Waals surface area contributed by atoms with E-state index in [4.69, 9.17) is 11.0 Å². The molecule has 0 fully saturated rings. The first-order valence-corrected chi connectivity index (χ1v) is 5.18. The molecule has 0 spiro atoms. The molecule has 0 saturated carbocycles. The van der Waals surface area contributed by atoms with Gasteiger partial charge in [-0.25, -0.2) is 0 Å². The van der Waals surface area contributed by atoms with E-state index in [0.29, 0.717) is 18.4 Å². The van der Waals surface area contributed by atoms with E-state index in [1.165, 1.54) is 0 Å². The number of halogens is 1. The Labute approximate surface area is 96.0 Å². The fraction of sp³-hybridized carbons (Fsp3) is 0.200. The summed E-state index contributed by atoms with van der Waals surface area (Å²) in [7, 11) is 0. The summed E-state index contributed by atoms with van der Waals surface area (Å²) in [6.45, 7) is 0. The third-order valence-corrected chi connectivity index (χ3v) is 2.87. The number of nitrogens with two attached hydrogens (primary N) is 1. The van der Waals surface area contributed by atoms with Gasteiger partial charge in [-0.05, 0) is 52.8 Å². The molecule has 0 heterocycles. The van der Waals surface area contributed by atoms with Crippen LogP contribution in [0.3, 0.4) is 0 Å². The average Bonchev–Trinajstić information content (AvgIpc) is 2.16. The van der Waals surface area contributed by atoms with E-state index >= 15 is 0 Å². The summed E-state index contributed by atoms with van der Waals surface area (Å²) in [5, 5.41) is 8.69. The van der Waals surface area contributed by atoms with E-state index in [9.17, 15) is 4.79 Å². The minimum atomic E-state index is -0.317. The molecule has 72 valence electrons. The van der Waals surface area contributed by atoms with Gasteiger partial charge in [-0.15, -0.1) is 0 Å². The topological polar surface area (TPSA) is 66.9 Å². The van der Waals surface area contributed by atoms with Gasteiger partial charge in [0.15, 0.2) is 0 Å². The molecule has 0 aliphatic heterocycles. The highest BCUT2D eigenvalue weighted by molar-refractivity contribution is 14.1. The Hall–Kier alpha value is -1.09. The molecule has 0 atom stereocenters. The van der Waals surface area contributed by atoms with Gasteiger partial charge in [0.2, 0.25) is 5.91 Å². The van der Waals surface area contributed by atoms with Crippen LogP contribution in [0.25, 0.3) is 0 Å². The maximum absolute atomic E-state index is 10.6. The van der Waals surface area contributed by atoms with Crippen LogP contribution in [0.1, 0.15) is 17.5 Å². The number of amides is 1. The Balaban J connectivity index is 2.85. The van der Waals surface area contributed by atoms with Crippen molar-refractivity contribution in [2.75, 3.05) is 0 Å². The second-order valence-electron chi connectivity index (χ2n) is 2.88. The molecule has 3 nitrogen and oxygen atoms in total. The lowest BCUT2D eigenvalue weighted by Gasteiger charge is -2.02. The Bertz CT molecular complexity index is 396. The molecule has 0 aromatic heterocycles. The van der Waals surface area contributed by atoms with Crippen LogP contribution in [0.2, 0.25) is 0 Å². The second-order valence-corrected chi connectivity index (χ2v) is 4.05. The fourth-order valence-corrected chi connectivity index (χ4v) is 1.70. The third-order valence-electron chi connectivity index (χ3n) is 1.82. The highest BCUT2D eigenvalue weighted by Crippen LogP contribution is 2.15. The summed E-state index contributed by atoms with van der Waals surface area (Å²) in [6, 6.07) is 7.49. The first kappa shape index (κ1) is 11.0. The van der Waals surface area contributed by atoms with Crippen LogP contribution in [-0.4, -0.2) is 5.91 Å². The Morgan fingerprint density at radius 2 is 2.29 bits per heavy atom. The maximum atomic E-state index is 10.6. The van der Waals surface area contributed by atoms with Crippen molar-refractivity contribution in [3.8, 4) is 6.07 Å². The number of carbonyl (C=O) groups is 1. The lowest BCUT2D eigenvalue weighted by Crippen LogP contribution is -2.11. The highest BCUT2D eigenvalue weighted by atomic mass is 127. The molecule has 0 bridgehead atoms. The zero-order valence-electron chi connectivity index (χ0n) is 7.46. The van der Waals surface area contributed by atoms with Crippen molar-refractivity contribution in [2.24, 2.45) is 5.73 Å². The molecular weight excluding hydrogens is 291 g/mol. The number of hydrogen-bond donors (Lipinski definition) is 1. The van der Waals surface area contributed by atoms with Crippen LogP contribution < -0.4 is 5.73 Å². The summed E-state index contributed by atoms with van der Waals surface area (Å²) in [5.74, 6) is -0.317. The number of nitriles is 1. The smallest absolute Gasteiger partial charge is 0.217 e. The molecule has 1 rings (SSSR count). The highest BCUT2D eigenvalue weighted by Gasteiger charge is 2.03. The molecule has 1 aromatic carbocycles. The predicted molar refractivity (Wildman–Crippen MR) is 61.4 cm³/mol. The van der Waals surface area contributed by atoms with Crippen LogP contribution in [0, 0.1) is 14.9 Å². The largest absolute Gasteiger partial charge is 0.370 e. The van der Waals surface area contributed by atoms with E-state index in [-0.39, 0.29) is 5.91 Å². The van der Waals surface area contributed by atoms with Crippen molar-refractivity contribution in [1.82, 2.24) is 0 Å². The summed E-state index contributed by atoms with van der Waals surface area (Å²) in [5.41, 5.74) is 6.67. The Morgan fingerprint density at radius 1 is 1.57 bits per heavy atom. The Kier molecular flexibility index (Phi) is 3.89. The standard InChI is InChI=1S/C10H9IN2O/c11-9-3-1-7(6-12)5-8(9)2-4-10(13)14/h1,3,5H,2,4H2,(H2,13,14). The molecule has 0 saturated heterocycles. The Morgan fingerprint density at radius 3 is 2.86 bits per heavy atom. The van der Waals surface area contributed by atoms with Crippen molar-refractivity contribution >= 4 is 28.5 Å². The number of benzene rings is 1. The summed E-state index contributed by atoms with van der Waals surface area (Å²) in [6.07, 6.45) is 0.925. The molecule has 1 amide bonds. The van der Waals surface area contributed by atoms with E-state index in [2.05, 4.69) is 28.7 Å². The van der Waals surface area contributed by atoms with Gasteiger partial charge in [0, 0.05) is 9.99 Å². The molecule has 0 radical (unpaired) electrons. The third kappa shape index (κ3) is 3.00. The molecule has 0 aliphatic carbocycles. The van der Waals surface area contributed by atoms with Crippen molar-refractivity contribution in [3.63, 3.8) is 0 Å². The number of nitrogens with zero attached hydrogens (tertiary/aromatic N) is 1. The van der Waals surface area contributed by atoms with E-state index in [1.54, 1.807) is 12.1 Å². The zero-order chi connectivity index (χ0) is 10.6. The number of rotatable bonds is 3. The minimum Gasteiger partial charge on any atom is -0.370 e. The number of aryl methyl sites for hydroxylation is 1. The molecule has 0 aliphatic rings. The molecule has 2 N–H and O–H groups in total. The van der Waals surface area contributed by atoms with Crippen LogP contribution in [0.4, 0.5) is 0 Å². The molecular formula is C10H9IN2O. The van der Waals surface area contributed by atoms with E-state index < -0.39 is 0 Å². The molecule has 0 unspecified atom stereocenters. The van der Waals surface area contributed by atoms with Crippen LogP contribution in [0.5, 0.6) is 0 Å². The van der Waals surface area contributed by atoms with Gasteiger partial charge < -0.3 is 5.73 Å². The van der Waals surface area contributed by atoms with Crippen LogP contribution in [0.15, 0.2) is 18.2 Å². The van der Waals surface area contributed by atoms with Gasteiger partial charge in [-0.3, -0.25) is 4.79 Å². The van der Waals surface area contributed by atoms with Gasteiger partial charge >= 0.3 is 0 Å². The van der Waals surface area contributed by atoms with Crippen molar-refractivity contribution < 1.29 is 4.79 Å². The summed E-state index contributed by atoms with van der Waals surface area (Å²) in [4.78, 5) is 10.6. The van der Waals surface area contributed by atoms with Crippen LogP contribution >= 0.6 is 22.6 Å². The monoisotopic (exact) mass is 300 g/mol. The fourth-order valence-electron chi connectivity index (χ4n) is 1.09. The molecule has 1 aromatic rings. The van der Waals surface area contributed by atoms with Crippen molar-refractivity contribution in [3.05, 3.63) is 32.9 Å². The van der Waals surface area contributed by atoms with Gasteiger partial charge in [0.1, 0.15) is 0 Å². The summed E-state index contributed by atoms with van der Waals surface area (Å²) < 4.78 is 1.06. The quantitative estimate of drug-likeness (QED) is 0.861. The van der Waals surface area contributed by atoms with E-state index in [1.807, 2.05) is 6.07 Å². The van der Waals surface area contributed by atoms with Gasteiger partial charge in [-0.1, -0.05) is 0 Å². The first-order chi connectivity index (χ1) is 6.63. The zero-order valence-corrected chi connectivity index (χ0v) is 9.61. The van der Waals surface area contributed by atoms with Gasteiger partial charge in [-0.2, -0.15) is 5.26 Å². The first-order valence-electron chi connectivity index (χ1n) is 4.10. The van der Waals surface area contributed by atoms with Crippen LogP contribution in [-0.2, 0) is 11.2 Å². The van der Waals surface area contributed by atoms with Crippen molar-refractivity contribution in [2.45, 2.75) is 12.8 Å².